The number of carbonyl (C=O) groups excluding carboxylic acids is 1. The minimum atomic E-state index is -0.282. The zero-order valence-electron chi connectivity index (χ0n) is 16.3. The van der Waals surface area contributed by atoms with Gasteiger partial charge in [-0.15, -0.1) is 0 Å². The van der Waals surface area contributed by atoms with Crippen LogP contribution in [0, 0.1) is 18.7 Å². The number of aryl methyl sites for hydroxylation is 1. The summed E-state index contributed by atoms with van der Waals surface area (Å²) in [5, 5.41) is 3.03. The van der Waals surface area contributed by atoms with Crippen molar-refractivity contribution in [2.75, 3.05) is 23.3 Å². The van der Waals surface area contributed by atoms with E-state index in [4.69, 9.17) is 0 Å². The molecule has 0 atom stereocenters. The summed E-state index contributed by atoms with van der Waals surface area (Å²) < 4.78 is 13.1. The molecule has 29 heavy (non-hydrogen) atoms. The van der Waals surface area contributed by atoms with Gasteiger partial charge in [-0.1, -0.05) is 12.1 Å². The maximum absolute atomic E-state index is 13.1. The molecule has 1 fully saturated rings. The van der Waals surface area contributed by atoms with Crippen LogP contribution in [0.4, 0.5) is 15.9 Å². The first-order chi connectivity index (χ1) is 14.1. The van der Waals surface area contributed by atoms with Crippen molar-refractivity contribution in [2.24, 2.45) is 5.92 Å². The molecule has 5 nitrogen and oxygen atoms in total. The van der Waals surface area contributed by atoms with Crippen LogP contribution in [-0.4, -0.2) is 29.0 Å². The molecule has 0 bridgehead atoms. The SMILES string of the molecule is Cc1cccc(NC(=O)C2CCN(c3ccnc(-c4ccc(F)cc4)n3)CC2)c1. The van der Waals surface area contributed by atoms with Gasteiger partial charge in [0.2, 0.25) is 5.91 Å². The Labute approximate surface area is 169 Å². The van der Waals surface area contributed by atoms with Crippen molar-refractivity contribution in [1.29, 1.82) is 0 Å². The highest BCUT2D eigenvalue weighted by molar-refractivity contribution is 5.92. The second-order valence-electron chi connectivity index (χ2n) is 7.37. The number of piperidine rings is 1. The minimum absolute atomic E-state index is 0.00910. The van der Waals surface area contributed by atoms with Crippen molar-refractivity contribution < 1.29 is 9.18 Å². The lowest BCUT2D eigenvalue weighted by Gasteiger charge is -2.32. The molecule has 6 heteroatoms. The van der Waals surface area contributed by atoms with Gasteiger partial charge in [-0.05, 0) is 67.8 Å². The van der Waals surface area contributed by atoms with E-state index < -0.39 is 0 Å². The molecule has 1 saturated heterocycles. The third-order valence-corrected chi connectivity index (χ3v) is 5.22. The summed E-state index contributed by atoms with van der Waals surface area (Å²) in [4.78, 5) is 23.7. The van der Waals surface area contributed by atoms with E-state index in [1.807, 2.05) is 37.3 Å². The number of amides is 1. The summed E-state index contributed by atoms with van der Waals surface area (Å²) in [5.74, 6) is 1.18. The zero-order valence-corrected chi connectivity index (χ0v) is 16.3. The lowest BCUT2D eigenvalue weighted by atomic mass is 9.95. The molecular weight excluding hydrogens is 367 g/mol. The predicted molar refractivity (Wildman–Crippen MR) is 112 cm³/mol. The van der Waals surface area contributed by atoms with E-state index in [9.17, 15) is 9.18 Å². The molecule has 148 valence electrons. The highest BCUT2D eigenvalue weighted by atomic mass is 19.1. The maximum Gasteiger partial charge on any atom is 0.227 e. The van der Waals surface area contributed by atoms with E-state index in [0.29, 0.717) is 5.82 Å². The number of rotatable bonds is 4. The summed E-state index contributed by atoms with van der Waals surface area (Å²) in [5.41, 5.74) is 2.75. The number of hydrogen-bond donors (Lipinski definition) is 1. The molecule has 1 aromatic heterocycles. The van der Waals surface area contributed by atoms with Gasteiger partial charge in [0.05, 0.1) is 0 Å². The van der Waals surface area contributed by atoms with Gasteiger partial charge in [-0.2, -0.15) is 0 Å². The van der Waals surface area contributed by atoms with Crippen LogP contribution < -0.4 is 10.2 Å². The lowest BCUT2D eigenvalue weighted by molar-refractivity contribution is -0.120. The molecule has 0 saturated carbocycles. The first-order valence-corrected chi connectivity index (χ1v) is 9.80. The highest BCUT2D eigenvalue weighted by Crippen LogP contribution is 2.25. The third kappa shape index (κ3) is 4.59. The molecule has 2 heterocycles. The smallest absolute Gasteiger partial charge is 0.227 e. The first-order valence-electron chi connectivity index (χ1n) is 9.80. The van der Waals surface area contributed by atoms with Crippen molar-refractivity contribution in [2.45, 2.75) is 19.8 Å². The largest absolute Gasteiger partial charge is 0.356 e. The minimum Gasteiger partial charge on any atom is -0.356 e. The van der Waals surface area contributed by atoms with Crippen LogP contribution in [0.25, 0.3) is 11.4 Å². The maximum atomic E-state index is 13.1. The molecule has 1 aliphatic heterocycles. The molecule has 0 radical (unpaired) electrons. The molecule has 0 unspecified atom stereocenters. The van der Waals surface area contributed by atoms with E-state index in [1.54, 1.807) is 18.3 Å². The van der Waals surface area contributed by atoms with E-state index in [1.165, 1.54) is 12.1 Å². The molecule has 0 aliphatic carbocycles. The molecule has 4 rings (SSSR count). The second kappa shape index (κ2) is 8.39. The Morgan fingerprint density at radius 3 is 2.59 bits per heavy atom. The summed E-state index contributed by atoms with van der Waals surface area (Å²) in [6.07, 6.45) is 3.26. The van der Waals surface area contributed by atoms with Crippen molar-refractivity contribution in [3.8, 4) is 11.4 Å². The van der Waals surface area contributed by atoms with E-state index in [-0.39, 0.29) is 17.6 Å². The topological polar surface area (TPSA) is 58.1 Å². The zero-order chi connectivity index (χ0) is 20.2. The first kappa shape index (κ1) is 19.1. The van der Waals surface area contributed by atoms with Crippen molar-refractivity contribution in [3.63, 3.8) is 0 Å². The van der Waals surface area contributed by atoms with Crippen LogP contribution in [-0.2, 0) is 4.79 Å². The van der Waals surface area contributed by atoms with Gasteiger partial charge in [0.1, 0.15) is 11.6 Å². The summed E-state index contributed by atoms with van der Waals surface area (Å²) >= 11 is 0. The standard InChI is InChI=1S/C23H23FN4O/c1-16-3-2-4-20(15-16)26-23(29)18-10-13-28(14-11-18)21-9-12-25-22(27-21)17-5-7-19(24)8-6-17/h2-9,12,15,18H,10-11,13-14H2,1H3,(H,26,29). The van der Waals surface area contributed by atoms with Crippen molar-refractivity contribution in [1.82, 2.24) is 9.97 Å². The Hall–Kier alpha value is -3.28. The average Bonchev–Trinajstić information content (AvgIpc) is 2.74. The fourth-order valence-corrected chi connectivity index (χ4v) is 3.60. The van der Waals surface area contributed by atoms with Crippen LogP contribution in [0.1, 0.15) is 18.4 Å². The predicted octanol–water partition coefficient (Wildman–Crippen LogP) is 4.45. The summed E-state index contributed by atoms with van der Waals surface area (Å²) in [7, 11) is 0. The van der Waals surface area contributed by atoms with E-state index in [0.717, 1.165) is 48.6 Å². The highest BCUT2D eigenvalue weighted by Gasteiger charge is 2.26. The summed E-state index contributed by atoms with van der Waals surface area (Å²) in [6, 6.07) is 15.9. The Morgan fingerprint density at radius 1 is 1.10 bits per heavy atom. The monoisotopic (exact) mass is 390 g/mol. The normalized spacial score (nSPS) is 14.6. The van der Waals surface area contributed by atoms with E-state index >= 15 is 0 Å². The number of anilines is 2. The fourth-order valence-electron chi connectivity index (χ4n) is 3.60. The quantitative estimate of drug-likeness (QED) is 0.715. The van der Waals surface area contributed by atoms with Gasteiger partial charge in [0.25, 0.3) is 0 Å². The number of hydrogen-bond acceptors (Lipinski definition) is 4. The average molecular weight is 390 g/mol. The molecule has 1 N–H and O–H groups in total. The Kier molecular flexibility index (Phi) is 5.51. The van der Waals surface area contributed by atoms with Crippen LogP contribution in [0.3, 0.4) is 0 Å². The molecule has 1 amide bonds. The Morgan fingerprint density at radius 2 is 1.86 bits per heavy atom. The lowest BCUT2D eigenvalue weighted by Crippen LogP contribution is -2.38. The van der Waals surface area contributed by atoms with Crippen LogP contribution in [0.5, 0.6) is 0 Å². The van der Waals surface area contributed by atoms with Crippen LogP contribution in [0.2, 0.25) is 0 Å². The number of benzene rings is 2. The third-order valence-electron chi connectivity index (χ3n) is 5.22. The number of aromatic nitrogens is 2. The molecule has 1 aliphatic rings. The van der Waals surface area contributed by atoms with E-state index in [2.05, 4.69) is 20.2 Å². The van der Waals surface area contributed by atoms with Crippen molar-refractivity contribution in [3.05, 3.63) is 72.2 Å². The molecule has 3 aromatic rings. The number of carbonyl (C=O) groups is 1. The number of nitrogens with one attached hydrogen (secondary N) is 1. The van der Waals surface area contributed by atoms with Crippen LogP contribution in [0.15, 0.2) is 60.8 Å². The van der Waals surface area contributed by atoms with Crippen LogP contribution >= 0.6 is 0 Å². The Balaban J connectivity index is 1.39. The van der Waals surface area contributed by atoms with Crippen molar-refractivity contribution >= 4 is 17.4 Å². The fraction of sp³-hybridized carbons (Fsp3) is 0.261. The number of halogens is 1. The van der Waals surface area contributed by atoms with Gasteiger partial charge >= 0.3 is 0 Å². The number of nitrogens with zero attached hydrogens (tertiary/aromatic N) is 3. The molecular formula is C23H23FN4O. The van der Waals surface area contributed by atoms with Gasteiger partial charge in [0.15, 0.2) is 5.82 Å². The van der Waals surface area contributed by atoms with Gasteiger partial charge in [-0.3, -0.25) is 4.79 Å². The second-order valence-corrected chi connectivity index (χ2v) is 7.37. The van der Waals surface area contributed by atoms with Gasteiger partial charge < -0.3 is 10.2 Å². The van der Waals surface area contributed by atoms with Gasteiger partial charge in [0, 0.05) is 36.5 Å². The molecule has 2 aromatic carbocycles. The van der Waals surface area contributed by atoms with Gasteiger partial charge in [-0.25, -0.2) is 14.4 Å². The Bertz CT molecular complexity index is 998. The summed E-state index contributed by atoms with van der Waals surface area (Å²) in [6.45, 7) is 3.52. The molecule has 0 spiro atoms.